The van der Waals surface area contributed by atoms with Crippen molar-refractivity contribution >= 4 is 23.4 Å². The molecule has 0 saturated carbocycles. The lowest BCUT2D eigenvalue weighted by atomic mass is 9.96. The van der Waals surface area contributed by atoms with E-state index in [0.29, 0.717) is 38.5 Å². The molecule has 0 fully saturated rings. The first kappa shape index (κ1) is 22.5. The van der Waals surface area contributed by atoms with Gasteiger partial charge < -0.3 is 14.6 Å². The standard InChI is InChI=1S/C25H24N2O5S/c1-4-31-19-13-16(11-12-18(19)28)14-20-23(29)27-22(17-9-7-6-8-10-17)21(24(30)32-5-2)15(3)26-25(27)33-20/h6-14,22,28H,4-5H2,1-3H3/b20-14+. The van der Waals surface area contributed by atoms with Crippen LogP contribution < -0.4 is 19.6 Å². The van der Waals surface area contributed by atoms with E-state index in [1.807, 2.05) is 37.3 Å². The van der Waals surface area contributed by atoms with Crippen molar-refractivity contribution in [2.45, 2.75) is 26.8 Å². The number of rotatable bonds is 6. The van der Waals surface area contributed by atoms with Gasteiger partial charge in [0.1, 0.15) is 0 Å². The third-order valence-electron chi connectivity index (χ3n) is 5.21. The van der Waals surface area contributed by atoms with E-state index in [2.05, 4.69) is 4.99 Å². The van der Waals surface area contributed by atoms with Crippen molar-refractivity contribution in [3.63, 3.8) is 0 Å². The number of phenols is 1. The molecule has 33 heavy (non-hydrogen) atoms. The number of esters is 1. The highest BCUT2D eigenvalue weighted by atomic mass is 32.1. The van der Waals surface area contributed by atoms with Crippen LogP contribution in [0.1, 0.15) is 37.9 Å². The molecule has 1 aliphatic heterocycles. The van der Waals surface area contributed by atoms with Crippen LogP contribution in [-0.4, -0.2) is 28.9 Å². The Kier molecular flexibility index (Phi) is 6.46. The van der Waals surface area contributed by atoms with Crippen molar-refractivity contribution in [3.8, 4) is 11.5 Å². The Bertz CT molecular complexity index is 1400. The molecule has 7 nitrogen and oxygen atoms in total. The molecule has 2 aromatic carbocycles. The summed E-state index contributed by atoms with van der Waals surface area (Å²) in [5.41, 5.74) is 2.13. The second kappa shape index (κ2) is 9.46. The zero-order valence-corrected chi connectivity index (χ0v) is 19.4. The Balaban J connectivity index is 1.91. The van der Waals surface area contributed by atoms with Gasteiger partial charge in [0.2, 0.25) is 0 Å². The van der Waals surface area contributed by atoms with Gasteiger partial charge >= 0.3 is 5.97 Å². The third kappa shape index (κ3) is 4.34. The monoisotopic (exact) mass is 464 g/mol. The number of aromatic nitrogens is 1. The molecule has 4 rings (SSSR count). The highest BCUT2D eigenvalue weighted by Gasteiger charge is 2.33. The van der Waals surface area contributed by atoms with Crippen molar-refractivity contribution in [1.82, 2.24) is 4.57 Å². The van der Waals surface area contributed by atoms with Crippen molar-refractivity contribution < 1.29 is 19.4 Å². The molecule has 0 aliphatic carbocycles. The third-order valence-corrected chi connectivity index (χ3v) is 6.20. The van der Waals surface area contributed by atoms with Crippen LogP contribution in [0.15, 0.2) is 69.6 Å². The molecule has 1 atom stereocenters. The van der Waals surface area contributed by atoms with Gasteiger partial charge in [-0.1, -0.05) is 47.7 Å². The number of hydrogen-bond donors (Lipinski definition) is 1. The van der Waals surface area contributed by atoms with E-state index in [9.17, 15) is 14.7 Å². The topological polar surface area (TPSA) is 90.1 Å². The van der Waals surface area contributed by atoms with Crippen molar-refractivity contribution in [1.29, 1.82) is 0 Å². The van der Waals surface area contributed by atoms with E-state index in [4.69, 9.17) is 9.47 Å². The summed E-state index contributed by atoms with van der Waals surface area (Å²) in [6.45, 7) is 5.97. The first-order chi connectivity index (χ1) is 15.9. The van der Waals surface area contributed by atoms with Crippen molar-refractivity contribution in [2.75, 3.05) is 13.2 Å². The molecule has 0 radical (unpaired) electrons. The number of benzene rings is 2. The highest BCUT2D eigenvalue weighted by molar-refractivity contribution is 7.07. The van der Waals surface area contributed by atoms with E-state index >= 15 is 0 Å². The lowest BCUT2D eigenvalue weighted by Gasteiger charge is -2.24. The van der Waals surface area contributed by atoms with Gasteiger partial charge in [-0.05, 0) is 50.1 Å². The maximum Gasteiger partial charge on any atom is 0.338 e. The highest BCUT2D eigenvalue weighted by Crippen LogP contribution is 2.30. The Morgan fingerprint density at radius 3 is 2.64 bits per heavy atom. The minimum atomic E-state index is -0.637. The van der Waals surface area contributed by atoms with E-state index in [0.717, 1.165) is 5.56 Å². The average molecular weight is 465 g/mol. The minimum Gasteiger partial charge on any atom is -0.504 e. The molecule has 0 amide bonds. The van der Waals surface area contributed by atoms with E-state index < -0.39 is 12.0 Å². The Morgan fingerprint density at radius 2 is 1.94 bits per heavy atom. The van der Waals surface area contributed by atoms with Gasteiger partial charge in [0, 0.05) is 0 Å². The normalized spacial score (nSPS) is 15.7. The molecule has 8 heteroatoms. The van der Waals surface area contributed by atoms with Crippen molar-refractivity contribution in [3.05, 3.63) is 90.6 Å². The van der Waals surface area contributed by atoms with Gasteiger partial charge in [-0.2, -0.15) is 0 Å². The molecule has 1 unspecified atom stereocenters. The van der Waals surface area contributed by atoms with Crippen LogP contribution >= 0.6 is 11.3 Å². The summed E-state index contributed by atoms with van der Waals surface area (Å²) in [6.07, 6.45) is 1.73. The van der Waals surface area contributed by atoms with Crippen LogP contribution in [0.5, 0.6) is 11.5 Å². The summed E-state index contributed by atoms with van der Waals surface area (Å²) in [6, 6.07) is 13.7. The Labute approximate surface area is 194 Å². The fraction of sp³-hybridized carbons (Fsp3) is 0.240. The van der Waals surface area contributed by atoms with Crippen LogP contribution in [0.3, 0.4) is 0 Å². The number of fused-ring (bicyclic) bond motifs is 1. The molecule has 1 N–H and O–H groups in total. The van der Waals surface area contributed by atoms with Gasteiger partial charge in [-0.3, -0.25) is 9.36 Å². The van der Waals surface area contributed by atoms with E-state index in [1.54, 1.807) is 36.6 Å². The number of ether oxygens (including phenoxy) is 2. The quantitative estimate of drug-likeness (QED) is 0.567. The Hall–Kier alpha value is -3.65. The lowest BCUT2D eigenvalue weighted by molar-refractivity contribution is -0.139. The number of aromatic hydroxyl groups is 1. The van der Waals surface area contributed by atoms with Gasteiger partial charge in [0.25, 0.3) is 5.56 Å². The number of allylic oxidation sites excluding steroid dienone is 1. The molecule has 170 valence electrons. The largest absolute Gasteiger partial charge is 0.504 e. The Morgan fingerprint density at radius 1 is 1.18 bits per heavy atom. The molecular weight excluding hydrogens is 440 g/mol. The molecule has 0 bridgehead atoms. The van der Waals surface area contributed by atoms with Crippen LogP contribution in [0.25, 0.3) is 6.08 Å². The summed E-state index contributed by atoms with van der Waals surface area (Å²) >= 11 is 1.25. The van der Waals surface area contributed by atoms with E-state index in [1.165, 1.54) is 17.4 Å². The van der Waals surface area contributed by atoms with Crippen LogP contribution in [0.2, 0.25) is 0 Å². The maximum atomic E-state index is 13.5. The smallest absolute Gasteiger partial charge is 0.338 e. The summed E-state index contributed by atoms with van der Waals surface area (Å²) < 4.78 is 12.8. The summed E-state index contributed by atoms with van der Waals surface area (Å²) in [4.78, 5) is 31.5. The van der Waals surface area contributed by atoms with Gasteiger partial charge in [0.05, 0.1) is 35.1 Å². The number of carbonyl (C=O) groups is 1. The van der Waals surface area contributed by atoms with Crippen LogP contribution in [-0.2, 0) is 9.53 Å². The second-order valence-corrected chi connectivity index (χ2v) is 8.38. The predicted octanol–water partition coefficient (Wildman–Crippen LogP) is 2.90. The molecule has 1 aromatic heterocycles. The molecule has 1 aliphatic rings. The van der Waals surface area contributed by atoms with Crippen LogP contribution in [0, 0.1) is 0 Å². The predicted molar refractivity (Wildman–Crippen MR) is 126 cm³/mol. The molecular formula is C25H24N2O5S. The minimum absolute atomic E-state index is 0.0363. The number of phenolic OH excluding ortho intramolecular Hbond substituents is 1. The number of hydrogen-bond acceptors (Lipinski definition) is 7. The fourth-order valence-electron chi connectivity index (χ4n) is 3.79. The van der Waals surface area contributed by atoms with Gasteiger partial charge in [0.15, 0.2) is 16.3 Å². The first-order valence-corrected chi connectivity index (χ1v) is 11.5. The fourth-order valence-corrected chi connectivity index (χ4v) is 4.83. The molecule has 0 spiro atoms. The zero-order valence-electron chi connectivity index (χ0n) is 18.6. The second-order valence-electron chi connectivity index (χ2n) is 7.37. The summed E-state index contributed by atoms with van der Waals surface area (Å²) in [5, 5.41) is 9.97. The maximum absolute atomic E-state index is 13.5. The van der Waals surface area contributed by atoms with Gasteiger partial charge in [-0.15, -0.1) is 0 Å². The molecule has 3 aromatic rings. The first-order valence-electron chi connectivity index (χ1n) is 10.6. The van der Waals surface area contributed by atoms with Crippen molar-refractivity contribution in [2.24, 2.45) is 4.99 Å². The van der Waals surface area contributed by atoms with Gasteiger partial charge in [-0.25, -0.2) is 9.79 Å². The SMILES string of the molecule is CCOC(=O)C1=C(C)N=c2s/c(=C/c3ccc(O)c(OCC)c3)c(=O)n2C1c1ccccc1. The summed E-state index contributed by atoms with van der Waals surface area (Å²) in [5.74, 6) is -0.0994. The molecule has 2 heterocycles. The number of nitrogens with zero attached hydrogens (tertiary/aromatic N) is 2. The van der Waals surface area contributed by atoms with Crippen LogP contribution in [0.4, 0.5) is 0 Å². The number of thiazole rings is 1. The average Bonchev–Trinajstić information content (AvgIpc) is 3.10. The lowest BCUT2D eigenvalue weighted by Crippen LogP contribution is -2.39. The van der Waals surface area contributed by atoms with E-state index in [-0.39, 0.29) is 17.9 Å². The molecule has 0 saturated heterocycles. The zero-order chi connectivity index (χ0) is 23.5. The summed E-state index contributed by atoms with van der Waals surface area (Å²) in [7, 11) is 0. The number of carbonyl (C=O) groups excluding carboxylic acids is 1.